The number of nitrogens with zero attached hydrogens (tertiary/aromatic N) is 5. The number of aromatic amines is 1. The Morgan fingerprint density at radius 2 is 1.86 bits per heavy atom. The van der Waals surface area contributed by atoms with E-state index < -0.39 is 0 Å². The summed E-state index contributed by atoms with van der Waals surface area (Å²) in [5.41, 5.74) is 3.72. The molecule has 1 aromatic carbocycles. The summed E-state index contributed by atoms with van der Waals surface area (Å²) in [7, 11) is 0. The molecule has 0 bridgehead atoms. The average Bonchev–Trinajstić information content (AvgIpc) is 3.24. The molecule has 28 heavy (non-hydrogen) atoms. The summed E-state index contributed by atoms with van der Waals surface area (Å²) >= 11 is 0. The summed E-state index contributed by atoms with van der Waals surface area (Å²) in [5, 5.41) is 6.93. The Hall–Kier alpha value is -2.51. The number of halogens is 2. The first-order valence-electron chi connectivity index (χ1n) is 9.18. The van der Waals surface area contributed by atoms with Crippen molar-refractivity contribution in [1.82, 2.24) is 25.1 Å². The fourth-order valence-corrected chi connectivity index (χ4v) is 3.62. The summed E-state index contributed by atoms with van der Waals surface area (Å²) in [6.45, 7) is 7.71. The second-order valence-corrected chi connectivity index (χ2v) is 6.92. The molecule has 3 aromatic rings. The molecule has 0 radical (unpaired) electrons. The normalized spacial score (nSPS) is 15.9. The van der Waals surface area contributed by atoms with E-state index >= 15 is 0 Å². The molecule has 1 saturated heterocycles. The Kier molecular flexibility index (Phi) is 6.26. The lowest BCUT2D eigenvalue weighted by Gasteiger charge is -2.38. The van der Waals surface area contributed by atoms with Crippen molar-refractivity contribution in [3.05, 3.63) is 59.9 Å². The number of aryl methyl sites for hydroxylation is 1. The number of hydrogen-bond acceptors (Lipinski definition) is 5. The molecule has 1 aliphatic rings. The zero-order chi connectivity index (χ0) is 18.8. The van der Waals surface area contributed by atoms with Crippen LogP contribution in [0.3, 0.4) is 0 Å². The van der Waals surface area contributed by atoms with Crippen molar-refractivity contribution in [3.8, 4) is 11.3 Å². The summed E-state index contributed by atoms with van der Waals surface area (Å²) in [4.78, 5) is 13.8. The molecule has 148 valence electrons. The smallest absolute Gasteiger partial charge is 0.155 e. The van der Waals surface area contributed by atoms with Crippen LogP contribution in [0.2, 0.25) is 0 Å². The van der Waals surface area contributed by atoms with Crippen molar-refractivity contribution in [3.63, 3.8) is 0 Å². The van der Waals surface area contributed by atoms with E-state index in [1.54, 1.807) is 24.5 Å². The van der Waals surface area contributed by atoms with Crippen LogP contribution in [0.15, 0.2) is 43.0 Å². The second-order valence-electron chi connectivity index (χ2n) is 6.92. The van der Waals surface area contributed by atoms with Crippen LogP contribution < -0.4 is 4.90 Å². The van der Waals surface area contributed by atoms with Crippen LogP contribution in [0.1, 0.15) is 24.1 Å². The van der Waals surface area contributed by atoms with Crippen molar-refractivity contribution in [2.75, 3.05) is 31.1 Å². The van der Waals surface area contributed by atoms with Gasteiger partial charge in [-0.2, -0.15) is 5.10 Å². The molecule has 1 aliphatic heterocycles. The van der Waals surface area contributed by atoms with Crippen LogP contribution in [-0.2, 0) is 0 Å². The van der Waals surface area contributed by atoms with Gasteiger partial charge in [-0.05, 0) is 31.5 Å². The molecule has 0 amide bonds. The SMILES string of the molecule is Cc1ccc(F)cc1-c1nccnc1N1CCN(C(C)c2cn[nH]c2)CC1.Cl. The van der Waals surface area contributed by atoms with Gasteiger partial charge in [-0.15, -0.1) is 12.4 Å². The zero-order valence-electron chi connectivity index (χ0n) is 16.0. The van der Waals surface area contributed by atoms with E-state index in [2.05, 4.69) is 36.9 Å². The third kappa shape index (κ3) is 4.00. The quantitative estimate of drug-likeness (QED) is 0.722. The number of piperazine rings is 1. The molecule has 0 spiro atoms. The fraction of sp³-hybridized carbons (Fsp3) is 0.350. The Balaban J connectivity index is 0.00000225. The highest BCUT2D eigenvalue weighted by atomic mass is 35.5. The standard InChI is InChI=1S/C20H23FN6.ClH/c1-14-3-4-17(21)11-18(14)19-20(23-6-5-22-19)27-9-7-26(8-10-27)15(2)16-12-24-25-13-16;/h3-6,11-13,15H,7-10H2,1-2H3,(H,24,25);1H. The average molecular weight is 403 g/mol. The number of nitrogens with one attached hydrogen (secondary N) is 1. The molecule has 1 atom stereocenters. The van der Waals surface area contributed by atoms with Crippen molar-refractivity contribution >= 4 is 18.2 Å². The molecule has 3 heterocycles. The lowest BCUT2D eigenvalue weighted by Crippen LogP contribution is -2.47. The van der Waals surface area contributed by atoms with Crippen molar-refractivity contribution in [2.24, 2.45) is 0 Å². The first-order chi connectivity index (χ1) is 13.1. The van der Waals surface area contributed by atoms with Crippen LogP contribution in [0.25, 0.3) is 11.3 Å². The fourth-order valence-electron chi connectivity index (χ4n) is 3.62. The van der Waals surface area contributed by atoms with E-state index in [9.17, 15) is 4.39 Å². The first-order valence-corrected chi connectivity index (χ1v) is 9.18. The van der Waals surface area contributed by atoms with Gasteiger partial charge < -0.3 is 4.90 Å². The second kappa shape index (κ2) is 8.67. The maximum absolute atomic E-state index is 13.8. The zero-order valence-corrected chi connectivity index (χ0v) is 16.8. The van der Waals surface area contributed by atoms with Crippen molar-refractivity contribution < 1.29 is 4.39 Å². The summed E-state index contributed by atoms with van der Waals surface area (Å²) in [6, 6.07) is 5.12. The highest BCUT2D eigenvalue weighted by Gasteiger charge is 2.25. The molecule has 1 fully saturated rings. The maximum atomic E-state index is 13.8. The summed E-state index contributed by atoms with van der Waals surface area (Å²) < 4.78 is 13.8. The van der Waals surface area contributed by atoms with Crippen LogP contribution >= 0.6 is 12.4 Å². The third-order valence-electron chi connectivity index (χ3n) is 5.30. The van der Waals surface area contributed by atoms with E-state index in [1.807, 2.05) is 19.3 Å². The Labute approximate surface area is 170 Å². The minimum Gasteiger partial charge on any atom is -0.352 e. The predicted octanol–water partition coefficient (Wildman–Crippen LogP) is 3.62. The van der Waals surface area contributed by atoms with Gasteiger partial charge in [0.1, 0.15) is 11.5 Å². The molecular formula is C20H24ClFN6. The molecule has 1 N–H and O–H groups in total. The van der Waals surface area contributed by atoms with E-state index in [0.29, 0.717) is 6.04 Å². The maximum Gasteiger partial charge on any atom is 0.155 e. The topological polar surface area (TPSA) is 60.9 Å². The summed E-state index contributed by atoms with van der Waals surface area (Å²) in [6.07, 6.45) is 7.20. The molecule has 0 saturated carbocycles. The van der Waals surface area contributed by atoms with Gasteiger partial charge in [-0.1, -0.05) is 6.07 Å². The van der Waals surface area contributed by atoms with Crippen LogP contribution in [0, 0.1) is 12.7 Å². The third-order valence-corrected chi connectivity index (χ3v) is 5.30. The molecule has 2 aromatic heterocycles. The van der Waals surface area contributed by atoms with Gasteiger partial charge in [0, 0.05) is 61.9 Å². The number of rotatable bonds is 4. The molecule has 1 unspecified atom stereocenters. The van der Waals surface area contributed by atoms with Gasteiger partial charge in [0.2, 0.25) is 0 Å². The molecule has 6 nitrogen and oxygen atoms in total. The predicted molar refractivity (Wildman–Crippen MR) is 110 cm³/mol. The number of H-pyrrole nitrogens is 1. The molecule has 8 heteroatoms. The van der Waals surface area contributed by atoms with Gasteiger partial charge in [-0.25, -0.2) is 9.37 Å². The lowest BCUT2D eigenvalue weighted by molar-refractivity contribution is 0.198. The van der Waals surface area contributed by atoms with Crippen LogP contribution in [0.4, 0.5) is 10.2 Å². The highest BCUT2D eigenvalue weighted by molar-refractivity contribution is 5.85. The van der Waals surface area contributed by atoms with Gasteiger partial charge >= 0.3 is 0 Å². The van der Waals surface area contributed by atoms with Gasteiger partial charge in [0.15, 0.2) is 5.82 Å². The molecule has 0 aliphatic carbocycles. The number of benzene rings is 1. The van der Waals surface area contributed by atoms with Crippen LogP contribution in [-0.4, -0.2) is 51.2 Å². The van der Waals surface area contributed by atoms with E-state index in [0.717, 1.165) is 48.8 Å². The number of anilines is 1. The monoisotopic (exact) mass is 402 g/mol. The largest absolute Gasteiger partial charge is 0.352 e. The molecule has 4 rings (SSSR count). The Bertz CT molecular complexity index is 909. The van der Waals surface area contributed by atoms with E-state index in [4.69, 9.17) is 0 Å². The Morgan fingerprint density at radius 1 is 1.11 bits per heavy atom. The number of hydrogen-bond donors (Lipinski definition) is 1. The number of aromatic nitrogens is 4. The minimum atomic E-state index is -0.258. The molecular weight excluding hydrogens is 379 g/mol. The van der Waals surface area contributed by atoms with Crippen molar-refractivity contribution in [1.29, 1.82) is 0 Å². The lowest BCUT2D eigenvalue weighted by atomic mass is 10.0. The van der Waals surface area contributed by atoms with Gasteiger partial charge in [-0.3, -0.25) is 15.0 Å². The first kappa shape index (κ1) is 20.2. The van der Waals surface area contributed by atoms with Crippen LogP contribution in [0.5, 0.6) is 0 Å². The van der Waals surface area contributed by atoms with Gasteiger partial charge in [0.25, 0.3) is 0 Å². The van der Waals surface area contributed by atoms with Crippen molar-refractivity contribution in [2.45, 2.75) is 19.9 Å². The Morgan fingerprint density at radius 3 is 2.57 bits per heavy atom. The minimum absolute atomic E-state index is 0. The summed E-state index contributed by atoms with van der Waals surface area (Å²) in [5.74, 6) is 0.563. The van der Waals surface area contributed by atoms with E-state index in [-0.39, 0.29) is 18.2 Å². The van der Waals surface area contributed by atoms with Gasteiger partial charge in [0.05, 0.1) is 6.20 Å². The highest BCUT2D eigenvalue weighted by Crippen LogP contribution is 2.31. The van der Waals surface area contributed by atoms with E-state index in [1.165, 1.54) is 11.6 Å².